The molecule has 1 aliphatic heterocycles. The molecule has 2 atom stereocenters. The van der Waals surface area contributed by atoms with Gasteiger partial charge in [0.1, 0.15) is 6.10 Å². The van der Waals surface area contributed by atoms with Gasteiger partial charge in [0.15, 0.2) is 0 Å². The molecular weight excluding hydrogens is 128 g/mol. The minimum Gasteiger partial charge on any atom is -0.458 e. The van der Waals surface area contributed by atoms with Gasteiger partial charge in [-0.05, 0) is 18.9 Å². The lowest BCUT2D eigenvalue weighted by atomic mass is 10.0. The predicted molar refractivity (Wildman–Crippen MR) is 36.4 cm³/mol. The third-order valence-electron chi connectivity index (χ3n) is 2.31. The topological polar surface area (TPSA) is 26.3 Å². The summed E-state index contributed by atoms with van der Waals surface area (Å²) >= 11 is 0. The van der Waals surface area contributed by atoms with E-state index in [1.807, 2.05) is 6.92 Å². The molecule has 0 spiro atoms. The second kappa shape index (κ2) is 1.84. The molecule has 0 amide bonds. The summed E-state index contributed by atoms with van der Waals surface area (Å²) in [4.78, 5) is 10.8. The molecule has 0 unspecified atom stereocenters. The fourth-order valence-electron chi connectivity index (χ4n) is 1.73. The van der Waals surface area contributed by atoms with Gasteiger partial charge >= 0.3 is 5.97 Å². The van der Waals surface area contributed by atoms with Gasteiger partial charge in [0, 0.05) is 5.92 Å². The zero-order valence-electron chi connectivity index (χ0n) is 5.96. The number of rotatable bonds is 0. The molecule has 54 valence electrons. The van der Waals surface area contributed by atoms with Gasteiger partial charge in [0.25, 0.3) is 0 Å². The van der Waals surface area contributed by atoms with Gasteiger partial charge < -0.3 is 4.74 Å². The van der Waals surface area contributed by atoms with Crippen LogP contribution in [0.5, 0.6) is 0 Å². The van der Waals surface area contributed by atoms with Crippen LogP contribution in [0.3, 0.4) is 0 Å². The maximum absolute atomic E-state index is 10.8. The second-order valence-corrected chi connectivity index (χ2v) is 3.06. The van der Waals surface area contributed by atoms with Crippen LogP contribution >= 0.6 is 0 Å². The molecule has 0 aromatic heterocycles. The molecule has 1 aliphatic carbocycles. The number of carbonyl (C=O) groups is 1. The first-order valence-corrected chi connectivity index (χ1v) is 3.63. The summed E-state index contributed by atoms with van der Waals surface area (Å²) in [7, 11) is 0. The highest BCUT2D eigenvalue weighted by atomic mass is 16.6. The Labute approximate surface area is 59.9 Å². The zero-order valence-corrected chi connectivity index (χ0v) is 5.96. The summed E-state index contributed by atoms with van der Waals surface area (Å²) in [5, 5.41) is 0. The quantitative estimate of drug-likeness (QED) is 0.372. The van der Waals surface area contributed by atoms with Gasteiger partial charge in [0.2, 0.25) is 0 Å². The van der Waals surface area contributed by atoms with Crippen molar-refractivity contribution in [2.75, 3.05) is 0 Å². The van der Waals surface area contributed by atoms with Crippen molar-refractivity contribution in [2.24, 2.45) is 5.92 Å². The van der Waals surface area contributed by atoms with Crippen molar-refractivity contribution in [3.05, 3.63) is 11.6 Å². The van der Waals surface area contributed by atoms with Crippen molar-refractivity contribution in [1.82, 2.24) is 0 Å². The van der Waals surface area contributed by atoms with E-state index in [-0.39, 0.29) is 12.1 Å². The molecule has 2 nitrogen and oxygen atoms in total. The number of fused-ring (bicyclic) bond motifs is 1. The molecule has 2 rings (SSSR count). The van der Waals surface area contributed by atoms with E-state index in [1.165, 1.54) is 5.57 Å². The Morgan fingerprint density at radius 2 is 2.50 bits per heavy atom. The van der Waals surface area contributed by atoms with Gasteiger partial charge in [0.05, 0.1) is 6.42 Å². The first-order chi connectivity index (χ1) is 4.77. The molecule has 10 heavy (non-hydrogen) atoms. The number of carbonyl (C=O) groups excluding carboxylic acids is 1. The Kier molecular flexibility index (Phi) is 1.10. The normalized spacial score (nSPS) is 37.3. The fourth-order valence-corrected chi connectivity index (χ4v) is 1.73. The Bertz CT molecular complexity index is 205. The van der Waals surface area contributed by atoms with Crippen molar-refractivity contribution < 1.29 is 9.53 Å². The number of allylic oxidation sites excluding steroid dienone is 1. The monoisotopic (exact) mass is 138 g/mol. The Hall–Kier alpha value is -0.790. The van der Waals surface area contributed by atoms with E-state index in [2.05, 4.69) is 6.08 Å². The molecular formula is C8H10O2. The van der Waals surface area contributed by atoms with Crippen LogP contribution in [0.15, 0.2) is 11.6 Å². The van der Waals surface area contributed by atoms with E-state index in [1.54, 1.807) is 0 Å². The van der Waals surface area contributed by atoms with Crippen molar-refractivity contribution in [1.29, 1.82) is 0 Å². The third-order valence-corrected chi connectivity index (χ3v) is 2.31. The van der Waals surface area contributed by atoms with E-state index in [4.69, 9.17) is 4.74 Å². The lowest BCUT2D eigenvalue weighted by Crippen LogP contribution is -2.10. The van der Waals surface area contributed by atoms with Gasteiger partial charge in [-0.2, -0.15) is 0 Å². The Morgan fingerprint density at radius 1 is 1.70 bits per heavy atom. The molecule has 2 heteroatoms. The number of hydrogen-bond acceptors (Lipinski definition) is 2. The van der Waals surface area contributed by atoms with Gasteiger partial charge in [-0.25, -0.2) is 0 Å². The van der Waals surface area contributed by atoms with Crippen LogP contribution in [0, 0.1) is 5.92 Å². The summed E-state index contributed by atoms with van der Waals surface area (Å²) in [6.07, 6.45) is 3.95. The largest absolute Gasteiger partial charge is 0.458 e. The maximum atomic E-state index is 10.8. The minimum absolute atomic E-state index is 0.0255. The average molecular weight is 138 g/mol. The van der Waals surface area contributed by atoms with Crippen molar-refractivity contribution in [3.8, 4) is 0 Å². The minimum atomic E-state index is -0.0255. The molecule has 1 saturated heterocycles. The summed E-state index contributed by atoms with van der Waals surface area (Å²) in [6, 6.07) is 0. The van der Waals surface area contributed by atoms with E-state index in [9.17, 15) is 4.79 Å². The highest BCUT2D eigenvalue weighted by Crippen LogP contribution is 2.35. The summed E-state index contributed by atoms with van der Waals surface area (Å²) in [5.74, 6) is 0.440. The molecule has 2 aliphatic rings. The standard InChI is InChI=1S/C8H10O2/c1-5-2-3-6-4-7(9)10-8(5)6/h2,6,8H,3-4H2,1H3/t6-,8+/m1/s1. The first kappa shape index (κ1) is 5.96. The van der Waals surface area contributed by atoms with E-state index >= 15 is 0 Å². The SMILES string of the molecule is CC1=CC[C@@H]2CC(=O)O[C@@H]12. The van der Waals surface area contributed by atoms with Crippen LogP contribution < -0.4 is 0 Å². The predicted octanol–water partition coefficient (Wildman–Crippen LogP) is 1.27. The molecule has 0 radical (unpaired) electrons. The molecule has 0 bridgehead atoms. The van der Waals surface area contributed by atoms with Gasteiger partial charge in [-0.1, -0.05) is 6.08 Å². The highest BCUT2D eigenvalue weighted by Gasteiger charge is 2.38. The van der Waals surface area contributed by atoms with Crippen LogP contribution in [-0.2, 0) is 9.53 Å². The van der Waals surface area contributed by atoms with Crippen molar-refractivity contribution in [2.45, 2.75) is 25.9 Å². The van der Waals surface area contributed by atoms with Crippen LogP contribution in [0.4, 0.5) is 0 Å². The molecule has 1 fully saturated rings. The molecule has 0 aromatic rings. The Balaban J connectivity index is 2.20. The average Bonchev–Trinajstić information content (AvgIpc) is 2.35. The van der Waals surface area contributed by atoms with Crippen LogP contribution in [0.25, 0.3) is 0 Å². The highest BCUT2D eigenvalue weighted by molar-refractivity contribution is 5.73. The van der Waals surface area contributed by atoms with Crippen molar-refractivity contribution >= 4 is 5.97 Å². The number of ether oxygens (including phenoxy) is 1. The third kappa shape index (κ3) is 0.681. The molecule has 0 N–H and O–H groups in total. The van der Waals surface area contributed by atoms with Crippen LogP contribution in [0.1, 0.15) is 19.8 Å². The second-order valence-electron chi connectivity index (χ2n) is 3.06. The van der Waals surface area contributed by atoms with E-state index in [0.29, 0.717) is 12.3 Å². The zero-order chi connectivity index (χ0) is 7.14. The maximum Gasteiger partial charge on any atom is 0.306 e. The van der Waals surface area contributed by atoms with Gasteiger partial charge in [-0.3, -0.25) is 4.79 Å². The first-order valence-electron chi connectivity index (χ1n) is 3.63. The molecule has 0 aromatic carbocycles. The summed E-state index contributed by atoms with van der Waals surface area (Å²) in [6.45, 7) is 2.03. The summed E-state index contributed by atoms with van der Waals surface area (Å²) in [5.41, 5.74) is 1.23. The lowest BCUT2D eigenvalue weighted by Gasteiger charge is -2.08. The number of esters is 1. The summed E-state index contributed by atoms with van der Waals surface area (Å²) < 4.78 is 5.09. The lowest BCUT2D eigenvalue weighted by molar-refractivity contribution is -0.140. The van der Waals surface area contributed by atoms with E-state index < -0.39 is 0 Å². The van der Waals surface area contributed by atoms with Gasteiger partial charge in [-0.15, -0.1) is 0 Å². The number of hydrogen-bond donors (Lipinski definition) is 0. The van der Waals surface area contributed by atoms with E-state index in [0.717, 1.165) is 6.42 Å². The Morgan fingerprint density at radius 3 is 3.20 bits per heavy atom. The fraction of sp³-hybridized carbons (Fsp3) is 0.625. The van der Waals surface area contributed by atoms with Crippen LogP contribution in [-0.4, -0.2) is 12.1 Å². The molecule has 0 saturated carbocycles. The van der Waals surface area contributed by atoms with Crippen molar-refractivity contribution in [3.63, 3.8) is 0 Å². The van der Waals surface area contributed by atoms with Crippen LogP contribution in [0.2, 0.25) is 0 Å². The smallest absolute Gasteiger partial charge is 0.306 e. The molecule has 1 heterocycles.